The second-order valence-electron chi connectivity index (χ2n) is 5.00. The van der Waals surface area contributed by atoms with Crippen LogP contribution in [0.2, 0.25) is 0 Å². The molecule has 0 amide bonds. The van der Waals surface area contributed by atoms with E-state index in [9.17, 15) is 0 Å². The average Bonchev–Trinajstić information content (AvgIpc) is 2.40. The second-order valence-corrected chi connectivity index (χ2v) is 5.00. The van der Waals surface area contributed by atoms with E-state index in [2.05, 4.69) is 26.0 Å². The minimum atomic E-state index is 0.263. The molecule has 0 bridgehead atoms. The highest BCUT2D eigenvalue weighted by Crippen LogP contribution is 2.33. The summed E-state index contributed by atoms with van der Waals surface area (Å²) in [6.07, 6.45) is 3.28. The molecule has 0 spiro atoms. The standard InChI is InChI=1S/C16H27NO2/c1-5-13(8-7-12(3)17)14-9-10-15(19-6-2)16(11-14)18-4/h9-13H,5-8,17H2,1-4H3. The van der Waals surface area contributed by atoms with Crippen LogP contribution in [0.3, 0.4) is 0 Å². The van der Waals surface area contributed by atoms with E-state index in [1.807, 2.05) is 13.0 Å². The molecular weight excluding hydrogens is 238 g/mol. The fourth-order valence-corrected chi connectivity index (χ4v) is 2.28. The van der Waals surface area contributed by atoms with Gasteiger partial charge in [-0.2, -0.15) is 0 Å². The van der Waals surface area contributed by atoms with Crippen molar-refractivity contribution in [2.45, 2.75) is 52.0 Å². The zero-order chi connectivity index (χ0) is 14.3. The predicted molar refractivity (Wildman–Crippen MR) is 80.1 cm³/mol. The van der Waals surface area contributed by atoms with Crippen LogP contribution in [0.4, 0.5) is 0 Å². The molecule has 0 aliphatic carbocycles. The van der Waals surface area contributed by atoms with Gasteiger partial charge in [-0.15, -0.1) is 0 Å². The molecule has 1 rings (SSSR count). The zero-order valence-electron chi connectivity index (χ0n) is 12.6. The first-order chi connectivity index (χ1) is 9.12. The van der Waals surface area contributed by atoms with Crippen molar-refractivity contribution in [2.75, 3.05) is 13.7 Å². The Morgan fingerprint density at radius 3 is 2.42 bits per heavy atom. The van der Waals surface area contributed by atoms with Gasteiger partial charge in [-0.05, 0) is 56.7 Å². The maximum absolute atomic E-state index is 5.85. The lowest BCUT2D eigenvalue weighted by molar-refractivity contribution is 0.310. The van der Waals surface area contributed by atoms with Crippen LogP contribution in [0, 0.1) is 0 Å². The third-order valence-corrected chi connectivity index (χ3v) is 3.42. The summed E-state index contributed by atoms with van der Waals surface area (Å²) in [6, 6.07) is 6.51. The second kappa shape index (κ2) is 8.05. The molecule has 0 aliphatic rings. The van der Waals surface area contributed by atoms with Crippen LogP contribution in [-0.4, -0.2) is 19.8 Å². The van der Waals surface area contributed by atoms with Crippen molar-refractivity contribution in [3.63, 3.8) is 0 Å². The number of hydrogen-bond acceptors (Lipinski definition) is 3. The van der Waals surface area contributed by atoms with Gasteiger partial charge in [0, 0.05) is 6.04 Å². The van der Waals surface area contributed by atoms with E-state index in [0.717, 1.165) is 30.8 Å². The summed E-state index contributed by atoms with van der Waals surface area (Å²) in [5.74, 6) is 2.17. The van der Waals surface area contributed by atoms with Crippen molar-refractivity contribution in [3.05, 3.63) is 23.8 Å². The summed E-state index contributed by atoms with van der Waals surface area (Å²) in [5.41, 5.74) is 7.16. The molecule has 1 aromatic rings. The van der Waals surface area contributed by atoms with Crippen molar-refractivity contribution in [2.24, 2.45) is 5.73 Å². The third-order valence-electron chi connectivity index (χ3n) is 3.42. The van der Waals surface area contributed by atoms with Gasteiger partial charge in [-0.1, -0.05) is 13.0 Å². The van der Waals surface area contributed by atoms with Gasteiger partial charge >= 0.3 is 0 Å². The summed E-state index contributed by atoms with van der Waals surface area (Å²) in [7, 11) is 1.69. The van der Waals surface area contributed by atoms with Crippen LogP contribution in [0.25, 0.3) is 0 Å². The van der Waals surface area contributed by atoms with E-state index in [-0.39, 0.29) is 6.04 Å². The van der Waals surface area contributed by atoms with Gasteiger partial charge in [0.2, 0.25) is 0 Å². The van der Waals surface area contributed by atoms with Crippen LogP contribution in [0.15, 0.2) is 18.2 Å². The molecule has 0 fully saturated rings. The lowest BCUT2D eigenvalue weighted by Gasteiger charge is -2.18. The number of methoxy groups -OCH3 is 1. The molecule has 3 heteroatoms. The summed E-state index contributed by atoms with van der Waals surface area (Å²) in [4.78, 5) is 0. The molecule has 3 nitrogen and oxygen atoms in total. The van der Waals surface area contributed by atoms with Gasteiger partial charge in [0.05, 0.1) is 13.7 Å². The Kier molecular flexibility index (Phi) is 6.71. The summed E-state index contributed by atoms with van der Waals surface area (Å²) >= 11 is 0. The molecule has 0 radical (unpaired) electrons. The van der Waals surface area contributed by atoms with Gasteiger partial charge in [0.25, 0.3) is 0 Å². The lowest BCUT2D eigenvalue weighted by Crippen LogP contribution is -2.15. The molecule has 0 saturated heterocycles. The van der Waals surface area contributed by atoms with E-state index in [4.69, 9.17) is 15.2 Å². The molecule has 2 N–H and O–H groups in total. The van der Waals surface area contributed by atoms with Crippen LogP contribution in [-0.2, 0) is 0 Å². The molecule has 2 atom stereocenters. The molecule has 19 heavy (non-hydrogen) atoms. The van der Waals surface area contributed by atoms with Crippen molar-refractivity contribution in [3.8, 4) is 11.5 Å². The van der Waals surface area contributed by atoms with E-state index in [1.165, 1.54) is 5.56 Å². The molecule has 0 heterocycles. The minimum Gasteiger partial charge on any atom is -0.493 e. The van der Waals surface area contributed by atoms with Gasteiger partial charge in [-0.3, -0.25) is 0 Å². The molecule has 108 valence electrons. The Hall–Kier alpha value is -1.22. The van der Waals surface area contributed by atoms with Crippen molar-refractivity contribution in [1.29, 1.82) is 0 Å². The Balaban J connectivity index is 2.86. The van der Waals surface area contributed by atoms with Crippen molar-refractivity contribution < 1.29 is 9.47 Å². The number of hydrogen-bond donors (Lipinski definition) is 1. The maximum Gasteiger partial charge on any atom is 0.161 e. The first-order valence-corrected chi connectivity index (χ1v) is 7.18. The Morgan fingerprint density at radius 1 is 1.16 bits per heavy atom. The first kappa shape index (κ1) is 15.8. The fourth-order valence-electron chi connectivity index (χ4n) is 2.28. The highest BCUT2D eigenvalue weighted by Gasteiger charge is 2.13. The first-order valence-electron chi connectivity index (χ1n) is 7.18. The smallest absolute Gasteiger partial charge is 0.161 e. The maximum atomic E-state index is 5.85. The zero-order valence-corrected chi connectivity index (χ0v) is 12.6. The monoisotopic (exact) mass is 265 g/mol. The predicted octanol–water partition coefficient (Wildman–Crippen LogP) is 3.71. The van der Waals surface area contributed by atoms with Crippen LogP contribution < -0.4 is 15.2 Å². The van der Waals surface area contributed by atoms with Gasteiger partial charge in [0.1, 0.15) is 0 Å². The highest BCUT2D eigenvalue weighted by atomic mass is 16.5. The van der Waals surface area contributed by atoms with E-state index >= 15 is 0 Å². The molecular formula is C16H27NO2. The van der Waals surface area contributed by atoms with Crippen LogP contribution in [0.1, 0.15) is 51.5 Å². The summed E-state index contributed by atoms with van der Waals surface area (Å²) < 4.78 is 11.0. The van der Waals surface area contributed by atoms with Crippen LogP contribution in [0.5, 0.6) is 11.5 Å². The summed E-state index contributed by atoms with van der Waals surface area (Å²) in [6.45, 7) is 6.91. The Bertz CT molecular complexity index is 377. The molecule has 0 saturated carbocycles. The van der Waals surface area contributed by atoms with Gasteiger partial charge in [0.15, 0.2) is 11.5 Å². The minimum absolute atomic E-state index is 0.263. The van der Waals surface area contributed by atoms with Crippen LogP contribution >= 0.6 is 0 Å². The Labute approximate surface area is 117 Å². The normalized spacial score (nSPS) is 13.9. The topological polar surface area (TPSA) is 44.5 Å². The van der Waals surface area contributed by atoms with E-state index in [0.29, 0.717) is 12.5 Å². The molecule has 2 unspecified atom stereocenters. The number of benzene rings is 1. The number of rotatable bonds is 8. The molecule has 1 aromatic carbocycles. The number of ether oxygens (including phenoxy) is 2. The SMILES string of the molecule is CCOc1ccc(C(CC)CCC(C)N)cc1OC. The lowest BCUT2D eigenvalue weighted by atomic mass is 9.90. The Morgan fingerprint density at radius 2 is 1.89 bits per heavy atom. The van der Waals surface area contributed by atoms with Gasteiger partial charge < -0.3 is 15.2 Å². The molecule has 0 aliphatic heterocycles. The van der Waals surface area contributed by atoms with E-state index in [1.54, 1.807) is 7.11 Å². The highest BCUT2D eigenvalue weighted by molar-refractivity contribution is 5.44. The van der Waals surface area contributed by atoms with E-state index < -0.39 is 0 Å². The third kappa shape index (κ3) is 4.75. The van der Waals surface area contributed by atoms with Crippen molar-refractivity contribution in [1.82, 2.24) is 0 Å². The quantitative estimate of drug-likeness (QED) is 0.779. The molecule has 0 aromatic heterocycles. The largest absolute Gasteiger partial charge is 0.493 e. The van der Waals surface area contributed by atoms with Gasteiger partial charge in [-0.25, -0.2) is 0 Å². The fraction of sp³-hybridized carbons (Fsp3) is 0.625. The van der Waals surface area contributed by atoms with Crippen molar-refractivity contribution >= 4 is 0 Å². The summed E-state index contributed by atoms with van der Waals surface area (Å²) in [5, 5.41) is 0. The number of nitrogens with two attached hydrogens (primary N) is 1. The average molecular weight is 265 g/mol.